The maximum atomic E-state index is 12.3. The van der Waals surface area contributed by atoms with Crippen LogP contribution in [0.25, 0.3) is 0 Å². The Hall–Kier alpha value is -3.61. The van der Waals surface area contributed by atoms with Gasteiger partial charge in [0.15, 0.2) is 11.5 Å². The number of carbonyl (C=O) groups excluding carboxylic acids is 1. The molecule has 1 amide bonds. The Morgan fingerprint density at radius 3 is 2.50 bits per heavy atom. The summed E-state index contributed by atoms with van der Waals surface area (Å²) in [5.41, 5.74) is 1.59. The molecule has 1 aromatic heterocycles. The standard InChI is InChI=1S/C19H18N4O3/c1-25-14-7-5-6-13(12-14)20-19(24)16-10-11-18(23-22-16)21-15-8-3-4-9-17(15)26-2/h3-12H,1-2H3,(H,20,24)(H,21,23). The second-order valence-electron chi connectivity index (χ2n) is 5.32. The second kappa shape index (κ2) is 7.98. The van der Waals surface area contributed by atoms with E-state index in [0.717, 1.165) is 5.69 Å². The SMILES string of the molecule is COc1cccc(NC(=O)c2ccc(Nc3ccccc3OC)nn2)c1. The van der Waals surface area contributed by atoms with E-state index < -0.39 is 0 Å². The van der Waals surface area contributed by atoms with Crippen LogP contribution in [0.4, 0.5) is 17.2 Å². The van der Waals surface area contributed by atoms with Crippen molar-refractivity contribution in [2.45, 2.75) is 0 Å². The molecule has 7 heteroatoms. The average Bonchev–Trinajstić information content (AvgIpc) is 2.69. The molecule has 0 saturated heterocycles. The van der Waals surface area contributed by atoms with Crippen LogP contribution < -0.4 is 20.1 Å². The molecule has 2 aromatic carbocycles. The number of ether oxygens (including phenoxy) is 2. The summed E-state index contributed by atoms with van der Waals surface area (Å²) in [6, 6.07) is 17.8. The number of aromatic nitrogens is 2. The highest BCUT2D eigenvalue weighted by atomic mass is 16.5. The summed E-state index contributed by atoms with van der Waals surface area (Å²) < 4.78 is 10.4. The van der Waals surface area contributed by atoms with E-state index in [2.05, 4.69) is 20.8 Å². The normalized spacial score (nSPS) is 10.1. The van der Waals surface area contributed by atoms with E-state index in [4.69, 9.17) is 9.47 Å². The van der Waals surface area contributed by atoms with Crippen molar-refractivity contribution in [1.82, 2.24) is 10.2 Å². The van der Waals surface area contributed by atoms with Gasteiger partial charge < -0.3 is 20.1 Å². The smallest absolute Gasteiger partial charge is 0.276 e. The summed E-state index contributed by atoms with van der Waals surface area (Å²) >= 11 is 0. The zero-order chi connectivity index (χ0) is 18.4. The average molecular weight is 350 g/mol. The van der Waals surface area contributed by atoms with Crippen LogP contribution in [0.15, 0.2) is 60.7 Å². The Kier molecular flexibility index (Phi) is 5.28. The number of methoxy groups -OCH3 is 2. The first-order valence-electron chi connectivity index (χ1n) is 7.89. The lowest BCUT2D eigenvalue weighted by Crippen LogP contribution is -2.14. The summed E-state index contributed by atoms with van der Waals surface area (Å²) in [6.45, 7) is 0. The number of anilines is 3. The fraction of sp³-hybridized carbons (Fsp3) is 0.105. The number of nitrogens with zero attached hydrogens (tertiary/aromatic N) is 2. The Bertz CT molecular complexity index is 897. The quantitative estimate of drug-likeness (QED) is 0.708. The molecule has 0 aliphatic carbocycles. The Morgan fingerprint density at radius 1 is 0.923 bits per heavy atom. The predicted molar refractivity (Wildman–Crippen MR) is 99.3 cm³/mol. The topological polar surface area (TPSA) is 85.4 Å². The molecule has 0 bridgehead atoms. The summed E-state index contributed by atoms with van der Waals surface area (Å²) in [7, 11) is 3.16. The van der Waals surface area contributed by atoms with Crippen molar-refractivity contribution >= 4 is 23.1 Å². The highest BCUT2D eigenvalue weighted by Crippen LogP contribution is 2.25. The zero-order valence-corrected chi connectivity index (χ0v) is 14.4. The van der Waals surface area contributed by atoms with Crippen LogP contribution >= 0.6 is 0 Å². The van der Waals surface area contributed by atoms with Crippen molar-refractivity contribution in [2.24, 2.45) is 0 Å². The molecule has 1 heterocycles. The number of hydrogen-bond donors (Lipinski definition) is 2. The van der Waals surface area contributed by atoms with Crippen LogP contribution in [0.5, 0.6) is 11.5 Å². The van der Waals surface area contributed by atoms with Crippen LogP contribution in [-0.4, -0.2) is 30.3 Å². The van der Waals surface area contributed by atoms with Crippen molar-refractivity contribution in [2.75, 3.05) is 24.9 Å². The van der Waals surface area contributed by atoms with Crippen molar-refractivity contribution in [3.8, 4) is 11.5 Å². The van der Waals surface area contributed by atoms with Crippen LogP contribution in [-0.2, 0) is 0 Å². The molecule has 0 radical (unpaired) electrons. The first-order chi connectivity index (χ1) is 12.7. The van der Waals surface area contributed by atoms with Crippen LogP contribution in [0.3, 0.4) is 0 Å². The maximum absolute atomic E-state index is 12.3. The van der Waals surface area contributed by atoms with E-state index >= 15 is 0 Å². The largest absolute Gasteiger partial charge is 0.497 e. The molecule has 0 aliphatic rings. The fourth-order valence-electron chi connectivity index (χ4n) is 2.30. The first-order valence-corrected chi connectivity index (χ1v) is 7.89. The third-order valence-electron chi connectivity index (χ3n) is 3.59. The van der Waals surface area contributed by atoms with E-state index in [1.165, 1.54) is 0 Å². The summed E-state index contributed by atoms with van der Waals surface area (Å²) in [6.07, 6.45) is 0. The number of rotatable bonds is 6. The van der Waals surface area contributed by atoms with Gasteiger partial charge in [0.05, 0.1) is 19.9 Å². The molecule has 7 nitrogen and oxygen atoms in total. The molecule has 0 unspecified atom stereocenters. The molecule has 0 atom stereocenters. The van der Waals surface area contributed by atoms with Crippen LogP contribution in [0, 0.1) is 0 Å². The Morgan fingerprint density at radius 2 is 1.77 bits per heavy atom. The highest BCUT2D eigenvalue weighted by Gasteiger charge is 2.10. The Balaban J connectivity index is 1.69. The second-order valence-corrected chi connectivity index (χ2v) is 5.32. The van der Waals surface area contributed by atoms with E-state index in [-0.39, 0.29) is 11.6 Å². The molecule has 0 spiro atoms. The van der Waals surface area contributed by atoms with Gasteiger partial charge in [0.2, 0.25) is 0 Å². The lowest BCUT2D eigenvalue weighted by atomic mass is 10.2. The van der Waals surface area contributed by atoms with Gasteiger partial charge in [0.25, 0.3) is 5.91 Å². The van der Waals surface area contributed by atoms with Crippen LogP contribution in [0.2, 0.25) is 0 Å². The molecule has 132 valence electrons. The van der Waals surface area contributed by atoms with E-state index in [9.17, 15) is 4.79 Å². The number of hydrogen-bond acceptors (Lipinski definition) is 6. The number of benzene rings is 2. The minimum absolute atomic E-state index is 0.207. The first kappa shape index (κ1) is 17.2. The summed E-state index contributed by atoms with van der Waals surface area (Å²) in [5.74, 6) is 1.50. The molecule has 0 fully saturated rings. The highest BCUT2D eigenvalue weighted by molar-refractivity contribution is 6.02. The molecule has 26 heavy (non-hydrogen) atoms. The molecule has 2 N–H and O–H groups in total. The van der Waals surface area contributed by atoms with Crippen molar-refractivity contribution < 1.29 is 14.3 Å². The minimum Gasteiger partial charge on any atom is -0.497 e. The molecule has 3 aromatic rings. The monoisotopic (exact) mass is 350 g/mol. The van der Waals surface area contributed by atoms with Gasteiger partial charge in [0.1, 0.15) is 11.5 Å². The molecule has 0 aliphatic heterocycles. The Labute approximate surface area is 151 Å². The van der Waals surface area contributed by atoms with E-state index in [1.54, 1.807) is 50.6 Å². The molecular formula is C19H18N4O3. The van der Waals surface area contributed by atoms with Gasteiger partial charge in [-0.25, -0.2) is 0 Å². The van der Waals surface area contributed by atoms with Crippen molar-refractivity contribution in [3.05, 3.63) is 66.4 Å². The molecule has 3 rings (SSSR count). The van der Waals surface area contributed by atoms with Gasteiger partial charge in [-0.1, -0.05) is 18.2 Å². The lowest BCUT2D eigenvalue weighted by Gasteiger charge is -2.10. The van der Waals surface area contributed by atoms with Crippen molar-refractivity contribution in [3.63, 3.8) is 0 Å². The van der Waals surface area contributed by atoms with Gasteiger partial charge in [-0.2, -0.15) is 0 Å². The molecular weight excluding hydrogens is 332 g/mol. The minimum atomic E-state index is -0.352. The van der Waals surface area contributed by atoms with Crippen molar-refractivity contribution in [1.29, 1.82) is 0 Å². The van der Waals surface area contributed by atoms with Gasteiger partial charge in [-0.05, 0) is 36.4 Å². The van der Waals surface area contributed by atoms with Gasteiger partial charge >= 0.3 is 0 Å². The number of nitrogens with one attached hydrogen (secondary N) is 2. The fourth-order valence-corrected chi connectivity index (χ4v) is 2.30. The van der Waals surface area contributed by atoms with Gasteiger partial charge in [-0.15, -0.1) is 10.2 Å². The molecule has 0 saturated carbocycles. The lowest BCUT2D eigenvalue weighted by molar-refractivity contribution is 0.102. The maximum Gasteiger partial charge on any atom is 0.276 e. The third kappa shape index (κ3) is 4.07. The number of carbonyl (C=O) groups is 1. The zero-order valence-electron chi connectivity index (χ0n) is 14.4. The van der Waals surface area contributed by atoms with E-state index in [1.807, 2.05) is 24.3 Å². The third-order valence-corrected chi connectivity index (χ3v) is 3.59. The predicted octanol–water partition coefficient (Wildman–Crippen LogP) is 3.49. The van der Waals surface area contributed by atoms with Crippen LogP contribution in [0.1, 0.15) is 10.5 Å². The van der Waals surface area contributed by atoms with Gasteiger partial charge in [0, 0.05) is 11.8 Å². The van der Waals surface area contributed by atoms with Gasteiger partial charge in [-0.3, -0.25) is 4.79 Å². The van der Waals surface area contributed by atoms with E-state index in [0.29, 0.717) is 23.0 Å². The number of para-hydroxylation sites is 2. The number of amides is 1. The summed E-state index contributed by atoms with van der Waals surface area (Å²) in [5, 5.41) is 13.9. The summed E-state index contributed by atoms with van der Waals surface area (Å²) in [4.78, 5) is 12.3.